The molecule has 0 aliphatic carbocycles. The average Bonchev–Trinajstić information content (AvgIpc) is 2.22. The second-order valence-corrected chi connectivity index (χ2v) is 4.41. The molecule has 6 heteroatoms. The summed E-state index contributed by atoms with van der Waals surface area (Å²) < 4.78 is 5.01. The van der Waals surface area contributed by atoms with Crippen LogP contribution in [0.25, 0.3) is 0 Å². The molecule has 100 valence electrons. The summed E-state index contributed by atoms with van der Waals surface area (Å²) in [5.41, 5.74) is -1.04. The number of carbonyl (C=O) groups is 2. The maximum absolute atomic E-state index is 11.4. The van der Waals surface area contributed by atoms with Crippen molar-refractivity contribution >= 4 is 11.9 Å². The fraction of sp³-hybridized carbons (Fsp3) is 0.818. The highest BCUT2D eigenvalue weighted by atomic mass is 16.5. The predicted octanol–water partition coefficient (Wildman–Crippen LogP) is 0.00250. The standard InChI is InChI=1S/C11H21NO5/c1-11(2,10(15)16)8-9(14)12-4-3-6-17-7-5-13/h13H,3-8H2,1-2H3,(H,12,14)(H,15,16). The first-order valence-corrected chi connectivity index (χ1v) is 5.59. The van der Waals surface area contributed by atoms with Crippen LogP contribution in [-0.2, 0) is 14.3 Å². The summed E-state index contributed by atoms with van der Waals surface area (Å²) in [6.45, 7) is 4.21. The van der Waals surface area contributed by atoms with Crippen LogP contribution in [-0.4, -0.2) is 48.5 Å². The van der Waals surface area contributed by atoms with Crippen molar-refractivity contribution in [3.05, 3.63) is 0 Å². The van der Waals surface area contributed by atoms with Crippen molar-refractivity contribution in [2.75, 3.05) is 26.4 Å². The monoisotopic (exact) mass is 247 g/mol. The molecular weight excluding hydrogens is 226 g/mol. The van der Waals surface area contributed by atoms with Crippen molar-refractivity contribution in [1.29, 1.82) is 0 Å². The number of aliphatic carboxylic acids is 1. The third kappa shape index (κ3) is 7.70. The number of hydrogen-bond donors (Lipinski definition) is 3. The van der Waals surface area contributed by atoms with Crippen molar-refractivity contribution in [3.63, 3.8) is 0 Å². The van der Waals surface area contributed by atoms with Crippen LogP contribution in [0.4, 0.5) is 0 Å². The predicted molar refractivity (Wildman–Crippen MR) is 61.6 cm³/mol. The number of carbonyl (C=O) groups excluding carboxylic acids is 1. The van der Waals surface area contributed by atoms with Gasteiger partial charge in [-0.2, -0.15) is 0 Å². The molecule has 0 fully saturated rings. The molecule has 0 aliphatic rings. The number of aliphatic hydroxyl groups excluding tert-OH is 1. The van der Waals surface area contributed by atoms with E-state index in [4.69, 9.17) is 14.9 Å². The smallest absolute Gasteiger partial charge is 0.309 e. The van der Waals surface area contributed by atoms with Gasteiger partial charge in [-0.25, -0.2) is 0 Å². The Morgan fingerprint density at radius 2 is 1.94 bits per heavy atom. The highest BCUT2D eigenvalue weighted by molar-refractivity contribution is 5.84. The fourth-order valence-corrected chi connectivity index (χ4v) is 1.11. The van der Waals surface area contributed by atoms with Gasteiger partial charge in [0.15, 0.2) is 0 Å². The minimum absolute atomic E-state index is 0.0147. The maximum atomic E-state index is 11.4. The third-order valence-corrected chi connectivity index (χ3v) is 2.20. The zero-order valence-corrected chi connectivity index (χ0v) is 10.4. The van der Waals surface area contributed by atoms with Gasteiger partial charge in [-0.15, -0.1) is 0 Å². The summed E-state index contributed by atoms with van der Waals surface area (Å²) in [7, 11) is 0. The molecule has 0 saturated heterocycles. The molecule has 1 amide bonds. The van der Waals surface area contributed by atoms with E-state index >= 15 is 0 Å². The Morgan fingerprint density at radius 1 is 1.29 bits per heavy atom. The van der Waals surface area contributed by atoms with E-state index in [0.29, 0.717) is 26.2 Å². The number of carboxylic acid groups (broad SMARTS) is 1. The van der Waals surface area contributed by atoms with Gasteiger partial charge in [0.2, 0.25) is 5.91 Å². The minimum Gasteiger partial charge on any atom is -0.481 e. The first kappa shape index (κ1) is 15.9. The Balaban J connectivity index is 3.63. The Morgan fingerprint density at radius 3 is 2.47 bits per heavy atom. The van der Waals surface area contributed by atoms with E-state index in [1.807, 2.05) is 0 Å². The van der Waals surface area contributed by atoms with Crippen LogP contribution in [0, 0.1) is 5.41 Å². The van der Waals surface area contributed by atoms with Gasteiger partial charge in [0.25, 0.3) is 0 Å². The zero-order valence-electron chi connectivity index (χ0n) is 10.4. The fourth-order valence-electron chi connectivity index (χ4n) is 1.11. The molecule has 3 N–H and O–H groups in total. The Kier molecular flexibility index (Phi) is 7.49. The largest absolute Gasteiger partial charge is 0.481 e. The van der Waals surface area contributed by atoms with Gasteiger partial charge >= 0.3 is 5.97 Å². The first-order valence-electron chi connectivity index (χ1n) is 5.59. The third-order valence-electron chi connectivity index (χ3n) is 2.20. The van der Waals surface area contributed by atoms with E-state index in [1.165, 1.54) is 13.8 Å². The van der Waals surface area contributed by atoms with E-state index < -0.39 is 11.4 Å². The number of rotatable bonds is 9. The van der Waals surface area contributed by atoms with Crippen LogP contribution in [0.3, 0.4) is 0 Å². The van der Waals surface area contributed by atoms with Crippen molar-refractivity contribution in [2.45, 2.75) is 26.7 Å². The van der Waals surface area contributed by atoms with Crippen molar-refractivity contribution in [1.82, 2.24) is 5.32 Å². The lowest BCUT2D eigenvalue weighted by molar-refractivity contribution is -0.149. The van der Waals surface area contributed by atoms with Crippen LogP contribution in [0.1, 0.15) is 26.7 Å². The van der Waals surface area contributed by atoms with E-state index in [-0.39, 0.29) is 18.9 Å². The van der Waals surface area contributed by atoms with Gasteiger partial charge in [0.05, 0.1) is 18.6 Å². The number of nitrogens with one attached hydrogen (secondary N) is 1. The minimum atomic E-state index is -1.04. The molecule has 6 nitrogen and oxygen atoms in total. The topological polar surface area (TPSA) is 95.9 Å². The number of ether oxygens (including phenoxy) is 1. The lowest BCUT2D eigenvalue weighted by Crippen LogP contribution is -2.34. The second kappa shape index (κ2) is 8.03. The van der Waals surface area contributed by atoms with E-state index in [2.05, 4.69) is 5.32 Å². The van der Waals surface area contributed by atoms with E-state index in [9.17, 15) is 9.59 Å². The summed E-state index contributed by atoms with van der Waals surface area (Å²) in [5, 5.41) is 19.9. The normalized spacial score (nSPS) is 11.2. The number of carboxylic acids is 1. The Hall–Kier alpha value is -1.14. The molecule has 0 aromatic rings. The second-order valence-electron chi connectivity index (χ2n) is 4.41. The molecule has 0 rings (SSSR count). The van der Waals surface area contributed by atoms with Crippen molar-refractivity contribution in [2.24, 2.45) is 5.41 Å². The average molecular weight is 247 g/mol. The molecule has 0 aliphatic heterocycles. The summed E-state index contributed by atoms with van der Waals surface area (Å²) >= 11 is 0. The molecule has 0 radical (unpaired) electrons. The zero-order chi connectivity index (χ0) is 13.3. The Bertz CT molecular complexity index is 252. The molecule has 0 atom stereocenters. The van der Waals surface area contributed by atoms with Gasteiger partial charge < -0.3 is 20.3 Å². The van der Waals surface area contributed by atoms with E-state index in [1.54, 1.807) is 0 Å². The van der Waals surface area contributed by atoms with Gasteiger partial charge in [0.1, 0.15) is 0 Å². The van der Waals surface area contributed by atoms with Crippen LogP contribution in [0.2, 0.25) is 0 Å². The lowest BCUT2D eigenvalue weighted by atomic mass is 9.89. The van der Waals surface area contributed by atoms with Gasteiger partial charge in [-0.05, 0) is 20.3 Å². The van der Waals surface area contributed by atoms with Crippen LogP contribution < -0.4 is 5.32 Å². The summed E-state index contributed by atoms with van der Waals surface area (Å²) in [4.78, 5) is 22.2. The molecule has 0 aromatic carbocycles. The highest BCUT2D eigenvalue weighted by Crippen LogP contribution is 2.19. The SMILES string of the molecule is CC(C)(CC(=O)NCCCOCCO)C(=O)O. The Labute approximate surface area is 101 Å². The van der Waals surface area contributed by atoms with Gasteiger partial charge in [0, 0.05) is 19.6 Å². The summed E-state index contributed by atoms with van der Waals surface area (Å²) in [5.74, 6) is -1.27. The van der Waals surface area contributed by atoms with Gasteiger partial charge in [-0.1, -0.05) is 0 Å². The summed E-state index contributed by atoms with van der Waals surface area (Å²) in [6.07, 6.45) is 0.596. The maximum Gasteiger partial charge on any atom is 0.309 e. The molecule has 0 spiro atoms. The van der Waals surface area contributed by atoms with Crippen LogP contribution in [0.15, 0.2) is 0 Å². The molecule has 0 aromatic heterocycles. The number of hydrogen-bond acceptors (Lipinski definition) is 4. The van der Waals surface area contributed by atoms with Crippen LogP contribution in [0.5, 0.6) is 0 Å². The van der Waals surface area contributed by atoms with Crippen molar-refractivity contribution < 1.29 is 24.5 Å². The van der Waals surface area contributed by atoms with E-state index in [0.717, 1.165) is 0 Å². The molecule has 0 unspecified atom stereocenters. The summed E-state index contributed by atoms with van der Waals surface area (Å²) in [6, 6.07) is 0. The number of amides is 1. The molecule has 0 heterocycles. The molecule has 0 bridgehead atoms. The van der Waals surface area contributed by atoms with Gasteiger partial charge in [-0.3, -0.25) is 9.59 Å². The van der Waals surface area contributed by atoms with Crippen molar-refractivity contribution in [3.8, 4) is 0 Å². The first-order chi connectivity index (χ1) is 7.90. The van der Waals surface area contributed by atoms with Crippen LogP contribution >= 0.6 is 0 Å². The molecule has 0 saturated carbocycles. The highest BCUT2D eigenvalue weighted by Gasteiger charge is 2.29. The molecule has 17 heavy (non-hydrogen) atoms. The lowest BCUT2D eigenvalue weighted by Gasteiger charge is -2.18. The molecular formula is C11H21NO5. The number of aliphatic hydroxyl groups is 1. The quantitative estimate of drug-likeness (QED) is 0.498.